The molecule has 0 aliphatic carbocycles. The lowest BCUT2D eigenvalue weighted by atomic mass is 10.2. The number of hydrogen-bond acceptors (Lipinski definition) is 8. The summed E-state index contributed by atoms with van der Waals surface area (Å²) in [6.07, 6.45) is 1.59. The Morgan fingerprint density at radius 1 is 1.31 bits per heavy atom. The largest absolute Gasteiger partial charge is 0.495 e. The second-order valence-corrected chi connectivity index (χ2v) is 7.49. The highest BCUT2D eigenvalue weighted by atomic mass is 32.2. The maximum absolute atomic E-state index is 12.1. The molecule has 3 rings (SSSR count). The Kier molecular flexibility index (Phi) is 6.13. The van der Waals surface area contributed by atoms with Gasteiger partial charge in [-0.15, -0.1) is 10.2 Å². The number of nitrogens with one attached hydrogen (secondary N) is 2. The maximum atomic E-state index is 12.1. The number of nitrogens with zero attached hydrogens (tertiary/aromatic N) is 2. The van der Waals surface area contributed by atoms with Gasteiger partial charge in [0, 0.05) is 0 Å². The van der Waals surface area contributed by atoms with Gasteiger partial charge in [0.05, 0.1) is 30.9 Å². The SMILES string of the molecule is COc1ccccc1Nc1nnc(SCC(=O)N[C@@H](C)c2ccco2)s1. The number of anilines is 2. The number of carbonyl (C=O) groups excluding carboxylic acids is 1. The molecule has 0 fully saturated rings. The number of aromatic nitrogens is 2. The van der Waals surface area contributed by atoms with Crippen LogP contribution in [0.25, 0.3) is 0 Å². The van der Waals surface area contributed by atoms with Crippen LogP contribution in [0.5, 0.6) is 5.75 Å². The van der Waals surface area contributed by atoms with Crippen molar-refractivity contribution in [3.05, 3.63) is 48.4 Å². The van der Waals surface area contributed by atoms with E-state index in [1.165, 1.54) is 23.1 Å². The van der Waals surface area contributed by atoms with Gasteiger partial charge in [-0.2, -0.15) is 0 Å². The molecule has 2 N–H and O–H groups in total. The fourth-order valence-electron chi connectivity index (χ4n) is 2.20. The van der Waals surface area contributed by atoms with Gasteiger partial charge in [0.25, 0.3) is 0 Å². The first kappa shape index (κ1) is 18.3. The Bertz CT molecular complexity index is 851. The summed E-state index contributed by atoms with van der Waals surface area (Å²) in [5, 5.41) is 14.9. The fraction of sp³-hybridized carbons (Fsp3) is 0.235. The van der Waals surface area contributed by atoms with Gasteiger partial charge in [0.2, 0.25) is 11.0 Å². The molecule has 0 aliphatic rings. The number of thioether (sulfide) groups is 1. The molecule has 1 atom stereocenters. The summed E-state index contributed by atoms with van der Waals surface area (Å²) >= 11 is 2.72. The van der Waals surface area contributed by atoms with Crippen molar-refractivity contribution in [1.29, 1.82) is 0 Å². The molecule has 3 aromatic rings. The van der Waals surface area contributed by atoms with Gasteiger partial charge in [-0.1, -0.05) is 35.2 Å². The van der Waals surface area contributed by atoms with Crippen LogP contribution in [0.4, 0.5) is 10.8 Å². The number of methoxy groups -OCH3 is 1. The zero-order valence-electron chi connectivity index (χ0n) is 14.3. The third-order valence-electron chi connectivity index (χ3n) is 3.43. The van der Waals surface area contributed by atoms with E-state index >= 15 is 0 Å². The number of hydrogen-bond donors (Lipinski definition) is 2. The van der Waals surface area contributed by atoms with Crippen molar-refractivity contribution < 1.29 is 13.9 Å². The van der Waals surface area contributed by atoms with Crippen LogP contribution in [-0.2, 0) is 4.79 Å². The lowest BCUT2D eigenvalue weighted by Crippen LogP contribution is -2.27. The van der Waals surface area contributed by atoms with Crippen LogP contribution in [0.3, 0.4) is 0 Å². The van der Waals surface area contributed by atoms with E-state index in [9.17, 15) is 4.79 Å². The summed E-state index contributed by atoms with van der Waals surface area (Å²) < 4.78 is 11.3. The minimum Gasteiger partial charge on any atom is -0.495 e. The average molecular weight is 390 g/mol. The van der Waals surface area contributed by atoms with Crippen molar-refractivity contribution in [3.8, 4) is 5.75 Å². The van der Waals surface area contributed by atoms with Gasteiger partial charge >= 0.3 is 0 Å². The lowest BCUT2D eigenvalue weighted by molar-refractivity contribution is -0.119. The number of furan rings is 1. The molecule has 0 spiro atoms. The minimum absolute atomic E-state index is 0.0895. The monoisotopic (exact) mass is 390 g/mol. The Morgan fingerprint density at radius 3 is 2.92 bits per heavy atom. The number of carbonyl (C=O) groups is 1. The highest BCUT2D eigenvalue weighted by molar-refractivity contribution is 8.01. The predicted octanol–water partition coefficient (Wildman–Crippen LogP) is 3.85. The van der Waals surface area contributed by atoms with Crippen molar-refractivity contribution in [1.82, 2.24) is 15.5 Å². The molecule has 1 aromatic carbocycles. The number of benzene rings is 1. The quantitative estimate of drug-likeness (QED) is 0.565. The Hall–Kier alpha value is -2.52. The van der Waals surface area contributed by atoms with E-state index in [0.29, 0.717) is 9.47 Å². The van der Waals surface area contributed by atoms with Crippen LogP contribution in [0, 0.1) is 0 Å². The van der Waals surface area contributed by atoms with Crippen molar-refractivity contribution in [2.24, 2.45) is 0 Å². The Balaban J connectivity index is 1.51. The molecule has 0 unspecified atom stereocenters. The molecule has 0 saturated heterocycles. The average Bonchev–Trinajstić information content (AvgIpc) is 3.32. The van der Waals surface area contributed by atoms with Gasteiger partial charge in [-0.3, -0.25) is 4.79 Å². The molecule has 1 amide bonds. The van der Waals surface area contributed by atoms with E-state index in [1.807, 2.05) is 37.3 Å². The summed E-state index contributed by atoms with van der Waals surface area (Å²) in [5.74, 6) is 1.62. The Morgan fingerprint density at radius 2 is 2.15 bits per heavy atom. The smallest absolute Gasteiger partial charge is 0.231 e. The molecule has 2 heterocycles. The molecular weight excluding hydrogens is 372 g/mol. The van der Waals surface area contributed by atoms with Crippen LogP contribution in [-0.4, -0.2) is 29.0 Å². The summed E-state index contributed by atoms with van der Waals surface area (Å²) in [4.78, 5) is 12.1. The zero-order valence-corrected chi connectivity index (χ0v) is 15.9. The topological polar surface area (TPSA) is 89.3 Å². The zero-order chi connectivity index (χ0) is 18.4. The van der Waals surface area contributed by atoms with Crippen molar-refractivity contribution in [3.63, 3.8) is 0 Å². The highest BCUT2D eigenvalue weighted by Gasteiger charge is 2.14. The molecule has 136 valence electrons. The molecule has 0 radical (unpaired) electrons. The molecule has 7 nitrogen and oxygen atoms in total. The minimum atomic E-state index is -0.171. The summed E-state index contributed by atoms with van der Waals surface area (Å²) in [6, 6.07) is 11.0. The standard InChI is InChI=1S/C17H18N4O3S2/c1-11(13-8-5-9-24-13)18-15(22)10-25-17-21-20-16(26-17)19-12-6-3-4-7-14(12)23-2/h3-9,11H,10H2,1-2H3,(H,18,22)(H,19,20)/t11-/m0/s1. The molecule has 2 aromatic heterocycles. The predicted molar refractivity (Wildman–Crippen MR) is 102 cm³/mol. The first-order chi connectivity index (χ1) is 12.7. The van der Waals surface area contributed by atoms with Gasteiger partial charge in [0.15, 0.2) is 4.34 Å². The second kappa shape index (κ2) is 8.72. The van der Waals surface area contributed by atoms with Crippen LogP contribution < -0.4 is 15.4 Å². The molecule has 0 aliphatic heterocycles. The molecule has 0 bridgehead atoms. The van der Waals surface area contributed by atoms with Crippen molar-refractivity contribution in [2.45, 2.75) is 17.3 Å². The van der Waals surface area contributed by atoms with Gasteiger partial charge < -0.3 is 19.8 Å². The first-order valence-corrected chi connectivity index (χ1v) is 9.65. The first-order valence-electron chi connectivity index (χ1n) is 7.85. The van der Waals surface area contributed by atoms with Crippen LogP contribution in [0.15, 0.2) is 51.4 Å². The van der Waals surface area contributed by atoms with Gasteiger partial charge in [0.1, 0.15) is 11.5 Å². The summed E-state index contributed by atoms with van der Waals surface area (Å²) in [7, 11) is 1.62. The van der Waals surface area contributed by atoms with Gasteiger partial charge in [-0.05, 0) is 31.2 Å². The maximum Gasteiger partial charge on any atom is 0.231 e. The van der Waals surface area contributed by atoms with E-state index < -0.39 is 0 Å². The Labute approximate surface area is 159 Å². The summed E-state index contributed by atoms with van der Waals surface area (Å²) in [5.41, 5.74) is 0.813. The van der Waals surface area contributed by atoms with Crippen LogP contribution in [0.1, 0.15) is 18.7 Å². The third-order valence-corrected chi connectivity index (χ3v) is 5.40. The van der Waals surface area contributed by atoms with E-state index in [-0.39, 0.29) is 17.7 Å². The molecular formula is C17H18N4O3S2. The number of para-hydroxylation sites is 2. The molecule has 26 heavy (non-hydrogen) atoms. The molecule has 0 saturated carbocycles. The van der Waals surface area contributed by atoms with Gasteiger partial charge in [-0.25, -0.2) is 0 Å². The summed E-state index contributed by atoms with van der Waals surface area (Å²) in [6.45, 7) is 1.88. The van der Waals surface area contributed by atoms with E-state index in [4.69, 9.17) is 9.15 Å². The number of amides is 1. The molecule has 9 heteroatoms. The lowest BCUT2D eigenvalue weighted by Gasteiger charge is -2.10. The number of ether oxygens (including phenoxy) is 1. The van der Waals surface area contributed by atoms with E-state index in [2.05, 4.69) is 20.8 Å². The normalized spacial score (nSPS) is 11.8. The fourth-order valence-corrected chi connectivity index (χ4v) is 3.78. The van der Waals surface area contributed by atoms with Crippen molar-refractivity contribution >= 4 is 39.8 Å². The van der Waals surface area contributed by atoms with E-state index in [0.717, 1.165) is 17.2 Å². The van der Waals surface area contributed by atoms with Crippen LogP contribution in [0.2, 0.25) is 0 Å². The van der Waals surface area contributed by atoms with E-state index in [1.54, 1.807) is 19.4 Å². The van der Waals surface area contributed by atoms with Crippen LogP contribution >= 0.6 is 23.1 Å². The number of rotatable bonds is 8. The second-order valence-electron chi connectivity index (χ2n) is 5.29. The van der Waals surface area contributed by atoms with Crippen molar-refractivity contribution in [2.75, 3.05) is 18.2 Å². The highest BCUT2D eigenvalue weighted by Crippen LogP contribution is 2.31. The third kappa shape index (κ3) is 4.77.